The molecule has 0 bridgehead atoms. The molecule has 0 spiro atoms. The summed E-state index contributed by atoms with van der Waals surface area (Å²) >= 11 is 5.67. The normalized spacial score (nSPS) is 16.9. The third kappa shape index (κ3) is 4.44. The minimum Gasteiger partial charge on any atom is -0.360 e. The quantitative estimate of drug-likeness (QED) is 0.546. The number of imidazole rings is 1. The highest BCUT2D eigenvalue weighted by molar-refractivity contribution is 7.80. The van der Waals surface area contributed by atoms with Crippen LogP contribution in [-0.4, -0.2) is 60.9 Å². The highest BCUT2D eigenvalue weighted by Gasteiger charge is 2.27. The smallest absolute Gasteiger partial charge is 0.332 e. The molecule has 1 saturated heterocycles. The number of nitrogens with one attached hydrogen (secondary N) is 1. The third-order valence-corrected chi connectivity index (χ3v) is 7.49. The molecule has 186 valence electrons. The second-order valence-electron chi connectivity index (χ2n) is 9.41. The molecule has 2 aliphatic rings. The maximum atomic E-state index is 13.5. The van der Waals surface area contributed by atoms with Gasteiger partial charge in [0.1, 0.15) is 5.82 Å². The molecule has 2 fully saturated rings. The van der Waals surface area contributed by atoms with E-state index < -0.39 is 11.2 Å². The van der Waals surface area contributed by atoms with Crippen molar-refractivity contribution in [1.29, 1.82) is 0 Å². The van der Waals surface area contributed by atoms with Gasteiger partial charge in [0.25, 0.3) is 5.56 Å². The largest absolute Gasteiger partial charge is 0.360 e. The standard InChI is InChI=1S/C24H30FN7O2S/c1-28-20-19(21(33)29(2)24(28)34)32(15-16-7-9-17(25)10-8-16)22(27-20)30-11-13-31(14-12-30)23(35)26-18-5-3-4-6-18/h7-10,18H,3-6,11-15H2,1-2H3,(H,26,35). The lowest BCUT2D eigenvalue weighted by atomic mass is 10.2. The van der Waals surface area contributed by atoms with Crippen molar-refractivity contribution >= 4 is 34.4 Å². The lowest BCUT2D eigenvalue weighted by Crippen LogP contribution is -2.53. The Morgan fingerprint density at radius 2 is 1.71 bits per heavy atom. The third-order valence-electron chi connectivity index (χ3n) is 7.11. The van der Waals surface area contributed by atoms with Crippen molar-refractivity contribution in [1.82, 2.24) is 28.9 Å². The van der Waals surface area contributed by atoms with Crippen LogP contribution in [0.25, 0.3) is 11.2 Å². The van der Waals surface area contributed by atoms with Crippen molar-refractivity contribution in [2.45, 2.75) is 38.3 Å². The van der Waals surface area contributed by atoms with Gasteiger partial charge in [0, 0.05) is 46.3 Å². The van der Waals surface area contributed by atoms with Gasteiger partial charge in [-0.05, 0) is 42.8 Å². The van der Waals surface area contributed by atoms with Crippen LogP contribution in [0.5, 0.6) is 0 Å². The number of halogens is 1. The molecule has 1 aliphatic carbocycles. The number of aryl methyl sites for hydroxylation is 1. The van der Waals surface area contributed by atoms with E-state index >= 15 is 0 Å². The summed E-state index contributed by atoms with van der Waals surface area (Å²) in [5.74, 6) is 0.304. The number of rotatable bonds is 4. The van der Waals surface area contributed by atoms with Crippen LogP contribution < -0.4 is 21.5 Å². The number of thiocarbonyl (C=S) groups is 1. The first kappa shape index (κ1) is 23.5. The van der Waals surface area contributed by atoms with E-state index in [4.69, 9.17) is 17.2 Å². The van der Waals surface area contributed by atoms with Crippen LogP contribution >= 0.6 is 12.2 Å². The van der Waals surface area contributed by atoms with E-state index in [-0.39, 0.29) is 5.82 Å². The van der Waals surface area contributed by atoms with Crippen LogP contribution in [0.4, 0.5) is 10.3 Å². The fourth-order valence-corrected chi connectivity index (χ4v) is 5.39. The summed E-state index contributed by atoms with van der Waals surface area (Å²) in [5.41, 5.74) is 0.715. The number of anilines is 1. The van der Waals surface area contributed by atoms with E-state index in [9.17, 15) is 14.0 Å². The fourth-order valence-electron chi connectivity index (χ4n) is 5.04. The summed E-state index contributed by atoms with van der Waals surface area (Å²) in [5, 5.41) is 4.30. The maximum Gasteiger partial charge on any atom is 0.332 e. The van der Waals surface area contributed by atoms with Crippen molar-refractivity contribution in [2.75, 3.05) is 31.1 Å². The van der Waals surface area contributed by atoms with Crippen LogP contribution in [-0.2, 0) is 20.6 Å². The molecule has 1 N–H and O–H groups in total. The fraction of sp³-hybridized carbons (Fsp3) is 0.500. The Hall–Kier alpha value is -3.21. The Morgan fingerprint density at radius 1 is 1.06 bits per heavy atom. The van der Waals surface area contributed by atoms with Gasteiger partial charge in [-0.1, -0.05) is 25.0 Å². The average Bonchev–Trinajstić information content (AvgIpc) is 3.51. The topological polar surface area (TPSA) is 80.3 Å². The van der Waals surface area contributed by atoms with Gasteiger partial charge in [-0.15, -0.1) is 0 Å². The number of fused-ring (bicyclic) bond motifs is 1. The van der Waals surface area contributed by atoms with E-state index in [2.05, 4.69) is 15.1 Å². The molecule has 0 amide bonds. The molecule has 0 unspecified atom stereocenters. The highest BCUT2D eigenvalue weighted by Crippen LogP contribution is 2.23. The minimum absolute atomic E-state index is 0.318. The van der Waals surface area contributed by atoms with Gasteiger partial charge in [-0.3, -0.25) is 18.5 Å². The SMILES string of the molecule is Cn1c(=O)c2c(nc(N3CCN(C(=S)NC4CCCC4)CC3)n2Cc2ccc(F)cc2)n(C)c1=O. The summed E-state index contributed by atoms with van der Waals surface area (Å²) in [7, 11) is 3.09. The van der Waals surface area contributed by atoms with Gasteiger partial charge in [-0.25, -0.2) is 9.18 Å². The van der Waals surface area contributed by atoms with Crippen molar-refractivity contribution in [3.63, 3.8) is 0 Å². The summed E-state index contributed by atoms with van der Waals surface area (Å²) in [6, 6.07) is 6.67. The summed E-state index contributed by atoms with van der Waals surface area (Å²) < 4.78 is 17.8. The second kappa shape index (κ2) is 9.44. The molecule has 5 rings (SSSR count). The molecule has 2 aromatic heterocycles. The van der Waals surface area contributed by atoms with Crippen molar-refractivity contribution in [3.05, 3.63) is 56.5 Å². The lowest BCUT2D eigenvalue weighted by molar-refractivity contribution is 0.370. The number of hydrogen-bond acceptors (Lipinski definition) is 5. The predicted molar refractivity (Wildman–Crippen MR) is 137 cm³/mol. The molecule has 3 aromatic rings. The molecule has 1 saturated carbocycles. The van der Waals surface area contributed by atoms with E-state index in [1.165, 1.54) is 49.4 Å². The summed E-state index contributed by atoms with van der Waals surface area (Å²) in [6.07, 6.45) is 4.84. The minimum atomic E-state index is -0.423. The van der Waals surface area contributed by atoms with Crippen LogP contribution in [0.1, 0.15) is 31.2 Å². The number of nitrogens with zero attached hydrogens (tertiary/aromatic N) is 6. The van der Waals surface area contributed by atoms with Crippen LogP contribution in [0.3, 0.4) is 0 Å². The van der Waals surface area contributed by atoms with E-state index in [0.29, 0.717) is 42.8 Å². The molecule has 35 heavy (non-hydrogen) atoms. The Kier molecular flexibility index (Phi) is 6.35. The Balaban J connectivity index is 1.46. The maximum absolute atomic E-state index is 13.5. The van der Waals surface area contributed by atoms with Crippen molar-refractivity contribution < 1.29 is 4.39 Å². The molecular formula is C24H30FN7O2S. The molecule has 9 nitrogen and oxygen atoms in total. The van der Waals surface area contributed by atoms with Gasteiger partial charge in [0.15, 0.2) is 16.3 Å². The number of piperazine rings is 1. The van der Waals surface area contributed by atoms with Gasteiger partial charge >= 0.3 is 5.69 Å². The zero-order chi connectivity index (χ0) is 24.7. The van der Waals surface area contributed by atoms with Crippen LogP contribution in [0.15, 0.2) is 33.9 Å². The van der Waals surface area contributed by atoms with Gasteiger partial charge in [0.2, 0.25) is 5.95 Å². The zero-order valence-electron chi connectivity index (χ0n) is 20.0. The lowest BCUT2D eigenvalue weighted by Gasteiger charge is -2.37. The molecule has 11 heteroatoms. The van der Waals surface area contributed by atoms with Crippen LogP contribution in [0, 0.1) is 5.82 Å². The van der Waals surface area contributed by atoms with E-state index in [0.717, 1.165) is 28.3 Å². The Bertz CT molecular complexity index is 1360. The van der Waals surface area contributed by atoms with Gasteiger partial charge < -0.3 is 15.1 Å². The van der Waals surface area contributed by atoms with Gasteiger partial charge in [-0.2, -0.15) is 4.98 Å². The predicted octanol–water partition coefficient (Wildman–Crippen LogP) is 1.56. The molecule has 0 radical (unpaired) electrons. The number of hydrogen-bond donors (Lipinski definition) is 1. The average molecular weight is 500 g/mol. The molecule has 0 atom stereocenters. The zero-order valence-corrected chi connectivity index (χ0v) is 20.9. The summed E-state index contributed by atoms with van der Waals surface area (Å²) in [4.78, 5) is 34.8. The number of benzene rings is 1. The van der Waals surface area contributed by atoms with Crippen LogP contribution in [0.2, 0.25) is 0 Å². The first-order valence-electron chi connectivity index (χ1n) is 12.0. The monoisotopic (exact) mass is 499 g/mol. The molecular weight excluding hydrogens is 469 g/mol. The highest BCUT2D eigenvalue weighted by atomic mass is 32.1. The Morgan fingerprint density at radius 3 is 2.37 bits per heavy atom. The van der Waals surface area contributed by atoms with E-state index in [1.807, 2.05) is 4.57 Å². The van der Waals surface area contributed by atoms with Gasteiger partial charge in [0.05, 0.1) is 6.54 Å². The first-order valence-corrected chi connectivity index (χ1v) is 12.5. The first-order chi connectivity index (χ1) is 16.8. The molecule has 1 aromatic carbocycles. The van der Waals surface area contributed by atoms with Crippen molar-refractivity contribution in [3.8, 4) is 0 Å². The summed E-state index contributed by atoms with van der Waals surface area (Å²) in [6.45, 7) is 3.15. The molecule has 3 heterocycles. The molecule has 1 aliphatic heterocycles. The van der Waals surface area contributed by atoms with Crippen molar-refractivity contribution in [2.24, 2.45) is 14.1 Å². The Labute approximate surface area is 207 Å². The van der Waals surface area contributed by atoms with E-state index in [1.54, 1.807) is 19.2 Å². The second-order valence-corrected chi connectivity index (χ2v) is 9.79. The number of aromatic nitrogens is 4.